The monoisotopic (exact) mass is 377 g/mol. The van der Waals surface area contributed by atoms with Crippen LogP contribution in [0.25, 0.3) is 23.0 Å². The van der Waals surface area contributed by atoms with E-state index < -0.39 is 5.97 Å². The van der Waals surface area contributed by atoms with Crippen molar-refractivity contribution < 1.29 is 9.53 Å². The molecule has 6 heteroatoms. The SMILES string of the molecule is CCOC(=O)C(C#N)=Cc1cn(-c2ccccc2)nc1-c1ccc(Cl)cc1. The molecule has 1 heterocycles. The van der Waals surface area contributed by atoms with Crippen molar-refractivity contribution in [1.82, 2.24) is 9.78 Å². The average Bonchev–Trinajstić information content (AvgIpc) is 3.11. The Morgan fingerprint density at radius 3 is 2.56 bits per heavy atom. The summed E-state index contributed by atoms with van der Waals surface area (Å²) >= 11 is 5.98. The van der Waals surface area contributed by atoms with Crippen molar-refractivity contribution in [3.8, 4) is 23.0 Å². The lowest BCUT2D eigenvalue weighted by atomic mass is 10.1. The minimum absolute atomic E-state index is 0.0836. The molecule has 3 aromatic rings. The van der Waals surface area contributed by atoms with Gasteiger partial charge in [-0.2, -0.15) is 10.4 Å². The van der Waals surface area contributed by atoms with Gasteiger partial charge >= 0.3 is 5.97 Å². The first kappa shape index (κ1) is 18.4. The van der Waals surface area contributed by atoms with E-state index in [9.17, 15) is 10.1 Å². The van der Waals surface area contributed by atoms with Gasteiger partial charge in [0, 0.05) is 22.3 Å². The molecule has 0 saturated heterocycles. The van der Waals surface area contributed by atoms with Gasteiger partial charge in [-0.3, -0.25) is 0 Å². The highest BCUT2D eigenvalue weighted by Gasteiger charge is 2.15. The predicted molar refractivity (Wildman–Crippen MR) is 104 cm³/mol. The average molecular weight is 378 g/mol. The summed E-state index contributed by atoms with van der Waals surface area (Å²) in [5, 5.41) is 14.6. The van der Waals surface area contributed by atoms with Gasteiger partial charge in [-0.05, 0) is 37.3 Å². The Bertz CT molecular complexity index is 1020. The second kappa shape index (κ2) is 8.35. The molecular formula is C21H16ClN3O2. The van der Waals surface area contributed by atoms with Crippen LogP contribution < -0.4 is 0 Å². The Labute approximate surface area is 162 Å². The van der Waals surface area contributed by atoms with Gasteiger partial charge in [0.05, 0.1) is 18.0 Å². The Morgan fingerprint density at radius 1 is 1.22 bits per heavy atom. The van der Waals surface area contributed by atoms with Crippen LogP contribution in [0.2, 0.25) is 5.02 Å². The number of nitriles is 1. The number of benzene rings is 2. The smallest absolute Gasteiger partial charge is 0.348 e. The van der Waals surface area contributed by atoms with Crippen LogP contribution in [0.1, 0.15) is 12.5 Å². The van der Waals surface area contributed by atoms with Crippen LogP contribution >= 0.6 is 11.6 Å². The number of carbonyl (C=O) groups excluding carboxylic acids is 1. The summed E-state index contributed by atoms with van der Waals surface area (Å²) in [5.74, 6) is -0.658. The van der Waals surface area contributed by atoms with Gasteiger partial charge in [0.2, 0.25) is 0 Å². The molecule has 0 fully saturated rings. The Morgan fingerprint density at radius 2 is 1.93 bits per heavy atom. The first-order valence-corrected chi connectivity index (χ1v) is 8.70. The number of para-hydroxylation sites is 1. The van der Waals surface area contributed by atoms with E-state index in [1.54, 1.807) is 29.9 Å². The first-order valence-electron chi connectivity index (χ1n) is 8.32. The molecule has 0 N–H and O–H groups in total. The van der Waals surface area contributed by atoms with E-state index in [0.717, 1.165) is 11.3 Å². The molecule has 0 aliphatic carbocycles. The minimum Gasteiger partial charge on any atom is -0.462 e. The number of rotatable bonds is 5. The summed E-state index contributed by atoms with van der Waals surface area (Å²) < 4.78 is 6.65. The molecule has 0 aliphatic heterocycles. The second-order valence-corrected chi connectivity index (χ2v) is 6.05. The molecule has 0 saturated carbocycles. The number of hydrogen-bond acceptors (Lipinski definition) is 4. The summed E-state index contributed by atoms with van der Waals surface area (Å²) in [5.41, 5.74) is 2.86. The van der Waals surface area contributed by atoms with Gasteiger partial charge in [0.1, 0.15) is 11.6 Å². The van der Waals surface area contributed by atoms with Crippen LogP contribution in [0, 0.1) is 11.3 Å². The van der Waals surface area contributed by atoms with Gasteiger partial charge in [0.15, 0.2) is 0 Å². The molecule has 0 amide bonds. The van der Waals surface area contributed by atoms with Crippen LogP contribution in [0.15, 0.2) is 66.4 Å². The highest BCUT2D eigenvalue weighted by Crippen LogP contribution is 2.27. The van der Waals surface area contributed by atoms with Gasteiger partial charge in [-0.1, -0.05) is 41.9 Å². The van der Waals surface area contributed by atoms with Crippen molar-refractivity contribution in [1.29, 1.82) is 5.26 Å². The standard InChI is InChI=1S/C21H16ClN3O2/c1-2-27-21(26)16(13-23)12-17-14-25(19-6-4-3-5-7-19)24-20(17)15-8-10-18(22)11-9-15/h3-12,14H,2H2,1H3. The third kappa shape index (κ3) is 4.25. The number of halogens is 1. The summed E-state index contributed by atoms with van der Waals surface area (Å²) in [7, 11) is 0. The Balaban J connectivity index is 2.13. The van der Waals surface area contributed by atoms with E-state index in [2.05, 4.69) is 5.10 Å². The lowest BCUT2D eigenvalue weighted by molar-refractivity contribution is -0.137. The van der Waals surface area contributed by atoms with E-state index in [4.69, 9.17) is 16.3 Å². The summed E-state index contributed by atoms with van der Waals surface area (Å²) in [6.07, 6.45) is 3.27. The van der Waals surface area contributed by atoms with Crippen molar-refractivity contribution in [2.75, 3.05) is 6.61 Å². The molecule has 0 radical (unpaired) electrons. The molecular weight excluding hydrogens is 362 g/mol. The molecule has 0 aliphatic rings. The summed E-state index contributed by atoms with van der Waals surface area (Å²) in [6.45, 7) is 1.89. The molecule has 2 aromatic carbocycles. The maximum absolute atomic E-state index is 12.0. The minimum atomic E-state index is -0.658. The quantitative estimate of drug-likeness (QED) is 0.368. The van der Waals surface area contributed by atoms with Crippen LogP contribution in [0.3, 0.4) is 0 Å². The predicted octanol–water partition coefficient (Wildman–Crippen LogP) is 4.66. The number of nitrogens with zero attached hydrogens (tertiary/aromatic N) is 3. The first-order chi connectivity index (χ1) is 13.1. The largest absolute Gasteiger partial charge is 0.462 e. The van der Waals surface area contributed by atoms with E-state index in [1.807, 2.05) is 48.5 Å². The Hall–Kier alpha value is -3.36. The number of aromatic nitrogens is 2. The van der Waals surface area contributed by atoms with Gasteiger partial charge in [-0.25, -0.2) is 9.48 Å². The normalized spacial score (nSPS) is 11.1. The highest BCUT2D eigenvalue weighted by atomic mass is 35.5. The van der Waals surface area contributed by atoms with Crippen LogP contribution in [0.5, 0.6) is 0 Å². The van der Waals surface area contributed by atoms with Crippen molar-refractivity contribution in [2.45, 2.75) is 6.92 Å². The Kier molecular flexibility index (Phi) is 5.70. The van der Waals surface area contributed by atoms with Crippen LogP contribution in [0.4, 0.5) is 0 Å². The van der Waals surface area contributed by atoms with Crippen molar-refractivity contribution in [3.05, 3.63) is 77.0 Å². The van der Waals surface area contributed by atoms with E-state index in [0.29, 0.717) is 16.3 Å². The molecule has 0 unspecified atom stereocenters. The molecule has 3 rings (SSSR count). The van der Waals surface area contributed by atoms with Gasteiger partial charge in [0.25, 0.3) is 0 Å². The van der Waals surface area contributed by atoms with Crippen LogP contribution in [-0.2, 0) is 9.53 Å². The molecule has 5 nitrogen and oxygen atoms in total. The zero-order chi connectivity index (χ0) is 19.2. The van der Waals surface area contributed by atoms with E-state index in [-0.39, 0.29) is 12.2 Å². The fourth-order valence-electron chi connectivity index (χ4n) is 2.54. The fourth-order valence-corrected chi connectivity index (χ4v) is 2.67. The molecule has 27 heavy (non-hydrogen) atoms. The zero-order valence-corrected chi connectivity index (χ0v) is 15.3. The molecule has 0 spiro atoms. The number of ether oxygens (including phenoxy) is 1. The van der Waals surface area contributed by atoms with Crippen molar-refractivity contribution in [2.24, 2.45) is 0 Å². The van der Waals surface area contributed by atoms with E-state index >= 15 is 0 Å². The number of esters is 1. The maximum atomic E-state index is 12.0. The van der Waals surface area contributed by atoms with Crippen molar-refractivity contribution >= 4 is 23.6 Å². The van der Waals surface area contributed by atoms with Gasteiger partial charge in [-0.15, -0.1) is 0 Å². The third-order valence-corrected chi connectivity index (χ3v) is 4.05. The lowest BCUT2D eigenvalue weighted by Gasteiger charge is -2.01. The topological polar surface area (TPSA) is 67.9 Å². The second-order valence-electron chi connectivity index (χ2n) is 5.61. The van der Waals surface area contributed by atoms with E-state index in [1.165, 1.54) is 6.08 Å². The summed E-state index contributed by atoms with van der Waals surface area (Å²) in [4.78, 5) is 12.0. The molecule has 0 bridgehead atoms. The molecule has 0 atom stereocenters. The van der Waals surface area contributed by atoms with Crippen molar-refractivity contribution in [3.63, 3.8) is 0 Å². The highest BCUT2D eigenvalue weighted by molar-refractivity contribution is 6.30. The lowest BCUT2D eigenvalue weighted by Crippen LogP contribution is -2.06. The number of carbonyl (C=O) groups is 1. The molecule has 134 valence electrons. The number of hydrogen-bond donors (Lipinski definition) is 0. The van der Waals surface area contributed by atoms with Crippen LogP contribution in [-0.4, -0.2) is 22.4 Å². The summed E-state index contributed by atoms with van der Waals surface area (Å²) in [6, 6.07) is 18.7. The maximum Gasteiger partial charge on any atom is 0.348 e. The third-order valence-electron chi connectivity index (χ3n) is 3.80. The zero-order valence-electron chi connectivity index (χ0n) is 14.6. The van der Waals surface area contributed by atoms with Gasteiger partial charge < -0.3 is 4.74 Å². The molecule has 1 aromatic heterocycles. The fraction of sp³-hybridized carbons (Fsp3) is 0.0952.